The zero-order valence-electron chi connectivity index (χ0n) is 11.8. The first-order valence-corrected chi connectivity index (χ1v) is 7.51. The number of halogens is 1. The third-order valence-electron chi connectivity index (χ3n) is 4.00. The molecule has 2 aromatic rings. The summed E-state index contributed by atoms with van der Waals surface area (Å²) in [5.41, 5.74) is 1.04. The lowest BCUT2D eigenvalue weighted by atomic mass is 9.97. The summed E-state index contributed by atoms with van der Waals surface area (Å²) in [6.45, 7) is 0.899. The molecule has 114 valence electrons. The zero-order valence-corrected chi connectivity index (χ0v) is 12.6. The smallest absolute Gasteiger partial charge is 0.306 e. The van der Waals surface area contributed by atoms with E-state index in [4.69, 9.17) is 16.7 Å². The molecule has 1 fully saturated rings. The van der Waals surface area contributed by atoms with Gasteiger partial charge in [0.15, 0.2) is 0 Å². The van der Waals surface area contributed by atoms with Crippen LogP contribution in [0.3, 0.4) is 0 Å². The first kappa shape index (κ1) is 14.8. The van der Waals surface area contributed by atoms with Crippen LogP contribution in [-0.2, 0) is 4.79 Å². The van der Waals surface area contributed by atoms with Gasteiger partial charge in [-0.25, -0.2) is 4.98 Å². The molecule has 3 rings (SSSR count). The number of benzene rings is 1. The molecule has 22 heavy (non-hydrogen) atoms. The molecule has 2 heterocycles. The van der Waals surface area contributed by atoms with Crippen LogP contribution in [0.4, 0.5) is 0 Å². The number of aliphatic carboxylic acids is 1. The Morgan fingerprint density at radius 1 is 1.18 bits per heavy atom. The van der Waals surface area contributed by atoms with Gasteiger partial charge in [0.05, 0.1) is 11.4 Å². The van der Waals surface area contributed by atoms with Crippen molar-refractivity contribution in [3.63, 3.8) is 0 Å². The van der Waals surface area contributed by atoms with E-state index in [0.717, 1.165) is 5.39 Å². The summed E-state index contributed by atoms with van der Waals surface area (Å²) < 4.78 is 0. The van der Waals surface area contributed by atoms with Gasteiger partial charge in [-0.15, -0.1) is 0 Å². The molecule has 0 radical (unpaired) electrons. The van der Waals surface area contributed by atoms with E-state index in [1.54, 1.807) is 23.1 Å². The Kier molecular flexibility index (Phi) is 3.98. The van der Waals surface area contributed by atoms with Gasteiger partial charge >= 0.3 is 5.97 Å². The molecule has 0 aliphatic carbocycles. The van der Waals surface area contributed by atoms with Crippen LogP contribution in [0.1, 0.15) is 23.3 Å². The van der Waals surface area contributed by atoms with Crippen LogP contribution in [0.15, 0.2) is 30.3 Å². The molecule has 1 N–H and O–H groups in total. The van der Waals surface area contributed by atoms with Crippen molar-refractivity contribution in [2.45, 2.75) is 12.8 Å². The molecule has 0 spiro atoms. The molecule has 0 unspecified atom stereocenters. The first-order chi connectivity index (χ1) is 10.5. The zero-order chi connectivity index (χ0) is 15.7. The van der Waals surface area contributed by atoms with Crippen LogP contribution in [-0.4, -0.2) is 40.0 Å². The van der Waals surface area contributed by atoms with Crippen LogP contribution in [0, 0.1) is 5.92 Å². The number of fused-ring (bicyclic) bond motifs is 1. The van der Waals surface area contributed by atoms with Crippen molar-refractivity contribution in [1.82, 2.24) is 9.88 Å². The molecule has 0 bridgehead atoms. The number of carboxylic acid groups (broad SMARTS) is 1. The Morgan fingerprint density at radius 2 is 1.86 bits per heavy atom. The number of hydrogen-bond donors (Lipinski definition) is 1. The number of piperidine rings is 1. The van der Waals surface area contributed by atoms with Gasteiger partial charge in [-0.05, 0) is 31.0 Å². The van der Waals surface area contributed by atoms with Crippen molar-refractivity contribution in [2.75, 3.05) is 13.1 Å². The van der Waals surface area contributed by atoms with Gasteiger partial charge in [-0.1, -0.05) is 23.7 Å². The molecule has 5 nitrogen and oxygen atoms in total. The second kappa shape index (κ2) is 5.93. The minimum atomic E-state index is -0.787. The first-order valence-electron chi connectivity index (χ1n) is 7.13. The van der Waals surface area contributed by atoms with Crippen LogP contribution >= 0.6 is 11.6 Å². The van der Waals surface area contributed by atoms with E-state index < -0.39 is 5.97 Å². The third-order valence-corrected chi connectivity index (χ3v) is 4.24. The summed E-state index contributed by atoms with van der Waals surface area (Å²) in [7, 11) is 0. The Bertz CT molecular complexity index is 739. The number of carbonyl (C=O) groups is 2. The lowest BCUT2D eigenvalue weighted by Gasteiger charge is -2.29. The monoisotopic (exact) mass is 318 g/mol. The fourth-order valence-corrected chi connectivity index (χ4v) is 2.87. The highest BCUT2D eigenvalue weighted by Gasteiger charge is 2.27. The predicted octanol–water partition coefficient (Wildman–Crippen LogP) is 2.83. The molecule has 1 aromatic carbocycles. The summed E-state index contributed by atoms with van der Waals surface area (Å²) in [4.78, 5) is 29.5. The maximum absolute atomic E-state index is 12.5. The van der Waals surface area contributed by atoms with Gasteiger partial charge in [0.1, 0.15) is 5.69 Å². The second-order valence-electron chi connectivity index (χ2n) is 5.44. The Labute approximate surface area is 132 Å². The number of rotatable bonds is 2. The quantitative estimate of drug-likeness (QED) is 0.924. The normalized spacial score (nSPS) is 16.0. The highest BCUT2D eigenvalue weighted by molar-refractivity contribution is 6.31. The number of nitrogens with zero attached hydrogens (tertiary/aromatic N) is 2. The van der Waals surface area contributed by atoms with Crippen LogP contribution < -0.4 is 0 Å². The van der Waals surface area contributed by atoms with E-state index in [0.29, 0.717) is 42.2 Å². The Balaban J connectivity index is 1.79. The number of hydrogen-bond acceptors (Lipinski definition) is 3. The number of likely N-dealkylation sites (tertiary alicyclic amines) is 1. The van der Waals surface area contributed by atoms with Gasteiger partial charge in [0, 0.05) is 23.5 Å². The fourth-order valence-electron chi connectivity index (χ4n) is 2.70. The number of aromatic nitrogens is 1. The van der Waals surface area contributed by atoms with Crippen molar-refractivity contribution >= 4 is 34.4 Å². The average Bonchev–Trinajstić information content (AvgIpc) is 2.53. The molecule has 1 aliphatic rings. The lowest BCUT2D eigenvalue weighted by molar-refractivity contribution is -0.143. The van der Waals surface area contributed by atoms with Gasteiger partial charge in [-0.2, -0.15) is 0 Å². The molecular formula is C16H15ClN2O3. The molecule has 0 atom stereocenters. The van der Waals surface area contributed by atoms with Gasteiger partial charge < -0.3 is 10.0 Å². The van der Waals surface area contributed by atoms with Crippen LogP contribution in [0.5, 0.6) is 0 Å². The van der Waals surface area contributed by atoms with E-state index in [1.807, 2.05) is 12.1 Å². The SMILES string of the molecule is O=C(O)C1CCN(C(=O)c2ccc3ccc(Cl)cc3n2)CC1. The van der Waals surface area contributed by atoms with Crippen molar-refractivity contribution < 1.29 is 14.7 Å². The predicted molar refractivity (Wildman–Crippen MR) is 83.0 cm³/mol. The maximum Gasteiger partial charge on any atom is 0.306 e. The molecule has 0 saturated carbocycles. The summed E-state index contributed by atoms with van der Waals surface area (Å²) >= 11 is 5.95. The topological polar surface area (TPSA) is 70.5 Å². The van der Waals surface area contributed by atoms with Crippen molar-refractivity contribution in [3.05, 3.63) is 41.0 Å². The van der Waals surface area contributed by atoms with Crippen molar-refractivity contribution in [1.29, 1.82) is 0 Å². The molecule has 1 aromatic heterocycles. The van der Waals surface area contributed by atoms with E-state index in [2.05, 4.69) is 4.98 Å². The molecule has 1 aliphatic heterocycles. The van der Waals surface area contributed by atoms with E-state index >= 15 is 0 Å². The minimum Gasteiger partial charge on any atom is -0.481 e. The Morgan fingerprint density at radius 3 is 2.55 bits per heavy atom. The third kappa shape index (κ3) is 2.90. The molecule has 1 saturated heterocycles. The standard InChI is InChI=1S/C16H15ClN2O3/c17-12-3-1-10-2-4-13(18-14(10)9-12)15(20)19-7-5-11(6-8-19)16(21)22/h1-4,9,11H,5-8H2,(H,21,22). The lowest BCUT2D eigenvalue weighted by Crippen LogP contribution is -2.40. The average molecular weight is 319 g/mol. The highest BCUT2D eigenvalue weighted by atomic mass is 35.5. The highest BCUT2D eigenvalue weighted by Crippen LogP contribution is 2.21. The van der Waals surface area contributed by atoms with E-state index in [-0.39, 0.29) is 11.8 Å². The summed E-state index contributed by atoms with van der Waals surface area (Å²) in [6, 6.07) is 8.91. The van der Waals surface area contributed by atoms with Crippen molar-refractivity contribution in [3.8, 4) is 0 Å². The minimum absolute atomic E-state index is 0.161. The summed E-state index contributed by atoms with van der Waals surface area (Å²) in [6.07, 6.45) is 0.973. The fraction of sp³-hybridized carbons (Fsp3) is 0.312. The largest absolute Gasteiger partial charge is 0.481 e. The second-order valence-corrected chi connectivity index (χ2v) is 5.87. The molecular weight excluding hydrogens is 304 g/mol. The molecule has 6 heteroatoms. The van der Waals surface area contributed by atoms with E-state index in [1.165, 1.54) is 0 Å². The van der Waals surface area contributed by atoms with Crippen LogP contribution in [0.25, 0.3) is 10.9 Å². The van der Waals surface area contributed by atoms with Crippen molar-refractivity contribution in [2.24, 2.45) is 5.92 Å². The summed E-state index contributed by atoms with van der Waals surface area (Å²) in [5.74, 6) is -1.30. The van der Waals surface area contributed by atoms with Gasteiger partial charge in [0.25, 0.3) is 5.91 Å². The molecule has 1 amide bonds. The number of carboxylic acids is 1. The number of carbonyl (C=O) groups excluding carboxylic acids is 1. The maximum atomic E-state index is 12.5. The summed E-state index contributed by atoms with van der Waals surface area (Å²) in [5, 5.41) is 10.5. The van der Waals surface area contributed by atoms with Gasteiger partial charge in [-0.3, -0.25) is 9.59 Å². The van der Waals surface area contributed by atoms with E-state index in [9.17, 15) is 9.59 Å². The number of pyridine rings is 1. The number of amides is 1. The van der Waals surface area contributed by atoms with Gasteiger partial charge in [0.2, 0.25) is 0 Å². The van der Waals surface area contributed by atoms with Crippen LogP contribution in [0.2, 0.25) is 5.02 Å². The Hall–Kier alpha value is -2.14.